The molecule has 0 atom stereocenters. The average Bonchev–Trinajstić information content (AvgIpc) is 2.98. The first-order valence-corrected chi connectivity index (χ1v) is 12.7. The zero-order chi connectivity index (χ0) is 30.3. The van der Waals surface area contributed by atoms with Gasteiger partial charge in [-0.15, -0.1) is 0 Å². The average molecular weight is 603 g/mol. The van der Waals surface area contributed by atoms with Crippen LogP contribution in [0.5, 0.6) is 5.75 Å². The second-order valence-electron chi connectivity index (χ2n) is 8.85. The number of aromatic nitrogens is 5. The second kappa shape index (κ2) is 13.2. The fourth-order valence-corrected chi connectivity index (χ4v) is 4.00. The third-order valence-electron chi connectivity index (χ3n) is 6.02. The van der Waals surface area contributed by atoms with Gasteiger partial charge in [-0.1, -0.05) is 12.1 Å². The van der Waals surface area contributed by atoms with Gasteiger partial charge in [-0.05, 0) is 35.9 Å². The Morgan fingerprint density at radius 1 is 0.833 bits per heavy atom. The Kier molecular flexibility index (Phi) is 9.47. The molecule has 0 saturated carbocycles. The van der Waals surface area contributed by atoms with E-state index in [1.807, 2.05) is 11.0 Å². The molecule has 0 bridgehead atoms. The fourth-order valence-electron chi connectivity index (χ4n) is 3.90. The van der Waals surface area contributed by atoms with Crippen LogP contribution in [-0.2, 0) is 6.18 Å². The highest BCUT2D eigenvalue weighted by atomic mass is 35.5. The third kappa shape index (κ3) is 7.87. The highest BCUT2D eigenvalue weighted by Gasteiger charge is 2.35. The predicted molar refractivity (Wildman–Crippen MR) is 144 cm³/mol. The van der Waals surface area contributed by atoms with Gasteiger partial charge in [0.05, 0.1) is 16.7 Å². The summed E-state index contributed by atoms with van der Waals surface area (Å²) in [5, 5.41) is 17.3. The van der Waals surface area contributed by atoms with E-state index >= 15 is 0 Å². The molecule has 0 aliphatic carbocycles. The quantitative estimate of drug-likeness (QED) is 0.282. The molecule has 2 N–H and O–H groups in total. The molecular formula is C27H22ClF3N6O5. The van der Waals surface area contributed by atoms with Crippen LogP contribution in [0.1, 0.15) is 39.1 Å². The number of carboxylic acids is 2. The smallest absolute Gasteiger partial charge is 0.419 e. The van der Waals surface area contributed by atoms with E-state index in [1.54, 1.807) is 12.3 Å². The highest BCUT2D eigenvalue weighted by molar-refractivity contribution is 6.28. The van der Waals surface area contributed by atoms with Crippen LogP contribution in [0.15, 0.2) is 67.4 Å². The van der Waals surface area contributed by atoms with E-state index in [0.29, 0.717) is 37.3 Å². The molecule has 42 heavy (non-hydrogen) atoms. The Hall–Kier alpha value is -4.85. The molecule has 0 radical (unpaired) electrons. The molecule has 5 rings (SSSR count). The lowest BCUT2D eigenvalue weighted by Crippen LogP contribution is -2.38. The molecular weight excluding hydrogens is 581 g/mol. The number of hydrogen-bond donors (Lipinski definition) is 2. The normalized spacial score (nSPS) is 13.6. The zero-order valence-corrected chi connectivity index (χ0v) is 22.3. The number of piperidine rings is 1. The van der Waals surface area contributed by atoms with E-state index in [0.717, 1.165) is 24.3 Å². The van der Waals surface area contributed by atoms with Crippen molar-refractivity contribution < 1.29 is 37.7 Å². The minimum absolute atomic E-state index is 0.00118. The van der Waals surface area contributed by atoms with E-state index in [1.165, 1.54) is 30.6 Å². The number of halogens is 4. The molecule has 1 aromatic carbocycles. The second-order valence-corrected chi connectivity index (χ2v) is 9.19. The van der Waals surface area contributed by atoms with Gasteiger partial charge >= 0.3 is 18.1 Å². The molecule has 0 amide bonds. The molecule has 1 saturated heterocycles. The van der Waals surface area contributed by atoms with Gasteiger partial charge in [-0.3, -0.25) is 0 Å². The van der Waals surface area contributed by atoms with Gasteiger partial charge in [0.15, 0.2) is 5.82 Å². The van der Waals surface area contributed by atoms with Gasteiger partial charge in [0.2, 0.25) is 5.28 Å². The molecule has 15 heteroatoms. The number of hydrogen-bond acceptors (Lipinski definition) is 9. The monoisotopic (exact) mass is 602 g/mol. The van der Waals surface area contributed by atoms with Crippen LogP contribution in [0.25, 0.3) is 11.4 Å². The van der Waals surface area contributed by atoms with Crippen LogP contribution in [0.2, 0.25) is 5.28 Å². The van der Waals surface area contributed by atoms with E-state index in [-0.39, 0.29) is 28.3 Å². The van der Waals surface area contributed by atoms with Gasteiger partial charge in [-0.25, -0.2) is 34.5 Å². The summed E-state index contributed by atoms with van der Waals surface area (Å²) in [7, 11) is 0. The van der Waals surface area contributed by atoms with Crippen LogP contribution in [0.3, 0.4) is 0 Å². The number of para-hydroxylation sites is 1. The molecule has 3 aromatic heterocycles. The summed E-state index contributed by atoms with van der Waals surface area (Å²) in [5.41, 5.74) is -0.0865. The molecule has 1 aliphatic heterocycles. The molecule has 0 unspecified atom stereocenters. The van der Waals surface area contributed by atoms with Gasteiger partial charge < -0.3 is 19.8 Å². The summed E-state index contributed by atoms with van der Waals surface area (Å²) < 4.78 is 45.2. The number of carboxylic acid groups (broad SMARTS) is 2. The minimum Gasteiger partial charge on any atom is -0.490 e. The van der Waals surface area contributed by atoms with E-state index in [2.05, 4.69) is 24.9 Å². The highest BCUT2D eigenvalue weighted by Crippen LogP contribution is 2.37. The maximum absolute atomic E-state index is 13.2. The summed E-state index contributed by atoms with van der Waals surface area (Å²) in [6.45, 7) is 1.18. The first-order chi connectivity index (χ1) is 20.0. The van der Waals surface area contributed by atoms with Gasteiger partial charge in [-0.2, -0.15) is 13.2 Å². The lowest BCUT2D eigenvalue weighted by Gasteiger charge is -2.33. The number of aromatic carboxylic acids is 2. The van der Waals surface area contributed by atoms with Crippen molar-refractivity contribution in [2.75, 3.05) is 18.0 Å². The minimum atomic E-state index is -4.46. The van der Waals surface area contributed by atoms with Crippen molar-refractivity contribution in [1.82, 2.24) is 24.9 Å². The summed E-state index contributed by atoms with van der Waals surface area (Å²) in [6, 6.07) is 8.85. The number of carbonyl (C=O) groups is 2. The topological polar surface area (TPSA) is 152 Å². The molecule has 11 nitrogen and oxygen atoms in total. The number of alkyl halides is 3. The summed E-state index contributed by atoms with van der Waals surface area (Å²) >= 11 is 5.30. The number of rotatable bonds is 6. The van der Waals surface area contributed by atoms with Crippen LogP contribution >= 0.6 is 11.6 Å². The number of ether oxygens (including phenoxy) is 1. The lowest BCUT2D eigenvalue weighted by atomic mass is 10.1. The molecule has 4 aromatic rings. The molecule has 1 aliphatic rings. The Balaban J connectivity index is 0.000000343. The van der Waals surface area contributed by atoms with Crippen molar-refractivity contribution >= 4 is 29.4 Å². The van der Waals surface area contributed by atoms with Crippen LogP contribution in [-0.4, -0.2) is 66.3 Å². The van der Waals surface area contributed by atoms with Crippen molar-refractivity contribution in [2.45, 2.75) is 25.1 Å². The Morgan fingerprint density at radius 2 is 1.40 bits per heavy atom. The van der Waals surface area contributed by atoms with Gasteiger partial charge in [0, 0.05) is 62.5 Å². The van der Waals surface area contributed by atoms with Crippen molar-refractivity contribution in [3.05, 3.63) is 89.4 Å². The fraction of sp³-hybridized carbons (Fsp3) is 0.222. The van der Waals surface area contributed by atoms with Gasteiger partial charge in [0.1, 0.15) is 17.7 Å². The van der Waals surface area contributed by atoms with Crippen LogP contribution in [0.4, 0.5) is 19.0 Å². The third-order valence-corrected chi connectivity index (χ3v) is 6.22. The largest absolute Gasteiger partial charge is 0.490 e. The maximum atomic E-state index is 13.2. The summed E-state index contributed by atoms with van der Waals surface area (Å²) in [5.74, 6) is -1.21. The number of benzene rings is 1. The molecule has 218 valence electrons. The molecule has 0 spiro atoms. The summed E-state index contributed by atoms with van der Waals surface area (Å²) in [6.07, 6.45) is 2.74. The molecule has 1 fully saturated rings. The Morgan fingerprint density at radius 3 is 1.93 bits per heavy atom. The SMILES string of the molecule is O=C(O)c1cnc(-c2ccc(N3CCC(Oc4ccccc4C(F)(F)F)CC3)nc2)nc1.O=C(O)c1cnc(Cl)nc1. The van der Waals surface area contributed by atoms with Crippen molar-refractivity contribution in [1.29, 1.82) is 0 Å². The van der Waals surface area contributed by atoms with E-state index in [4.69, 9.17) is 26.6 Å². The molecule has 4 heterocycles. The maximum Gasteiger partial charge on any atom is 0.419 e. The zero-order valence-electron chi connectivity index (χ0n) is 21.6. The number of anilines is 1. The van der Waals surface area contributed by atoms with Crippen LogP contribution in [0, 0.1) is 0 Å². The van der Waals surface area contributed by atoms with E-state index in [9.17, 15) is 22.8 Å². The number of pyridine rings is 1. The van der Waals surface area contributed by atoms with Gasteiger partial charge in [0.25, 0.3) is 0 Å². The Labute approximate surface area is 241 Å². The van der Waals surface area contributed by atoms with Crippen LogP contribution < -0.4 is 9.64 Å². The number of nitrogens with zero attached hydrogens (tertiary/aromatic N) is 6. The first-order valence-electron chi connectivity index (χ1n) is 12.3. The van der Waals surface area contributed by atoms with Crippen molar-refractivity contribution in [3.63, 3.8) is 0 Å². The predicted octanol–water partition coefficient (Wildman–Crippen LogP) is 5.13. The first kappa shape index (κ1) is 30.1. The van der Waals surface area contributed by atoms with Crippen molar-refractivity contribution in [2.24, 2.45) is 0 Å². The van der Waals surface area contributed by atoms with Crippen molar-refractivity contribution in [3.8, 4) is 17.1 Å². The summed E-state index contributed by atoms with van der Waals surface area (Å²) in [4.78, 5) is 42.6. The van der Waals surface area contributed by atoms with E-state index < -0.39 is 23.7 Å². The lowest BCUT2D eigenvalue weighted by molar-refractivity contribution is -0.139. The Bertz CT molecular complexity index is 1520. The standard InChI is InChI=1S/C22H19F3N4O3.C5H3ClN2O2/c23-22(24,25)17-3-1-2-4-18(17)32-16-7-9-29(10-8-16)19-6-5-14(11-26-19)20-27-12-15(13-28-20)21(30)31;6-5-7-1-3(2-8-5)4(9)10/h1-6,11-13,16H,7-10H2,(H,30,31);1-2H,(H,9,10).